The Balaban J connectivity index is 1.60. The molecule has 0 saturated carbocycles. The Morgan fingerprint density at radius 1 is 1.15 bits per heavy atom. The van der Waals surface area contributed by atoms with E-state index >= 15 is 0 Å². The minimum atomic E-state index is -1.15. The summed E-state index contributed by atoms with van der Waals surface area (Å²) < 4.78 is 0. The molecule has 2 amide bonds. The molecule has 0 aliphatic carbocycles. The fourth-order valence-electron chi connectivity index (χ4n) is 2.73. The average Bonchev–Trinajstić information content (AvgIpc) is 3.09. The molecule has 27 heavy (non-hydrogen) atoms. The van der Waals surface area contributed by atoms with Gasteiger partial charge in [-0.25, -0.2) is 4.79 Å². The summed E-state index contributed by atoms with van der Waals surface area (Å²) in [7, 11) is 0. The van der Waals surface area contributed by atoms with Crippen LogP contribution in [0.1, 0.15) is 15.9 Å². The molecule has 1 atom stereocenters. The van der Waals surface area contributed by atoms with Crippen molar-refractivity contribution in [2.24, 2.45) is 0 Å². The van der Waals surface area contributed by atoms with E-state index in [2.05, 4.69) is 20.6 Å². The first kappa shape index (κ1) is 18.1. The second kappa shape index (κ2) is 8.13. The number of benzene rings is 1. The molecule has 0 aliphatic rings. The van der Waals surface area contributed by atoms with Crippen LogP contribution < -0.4 is 10.6 Å². The van der Waals surface area contributed by atoms with E-state index in [4.69, 9.17) is 0 Å². The Morgan fingerprint density at radius 2 is 1.96 bits per heavy atom. The van der Waals surface area contributed by atoms with Crippen LogP contribution in [0.15, 0.2) is 55.0 Å². The van der Waals surface area contributed by atoms with E-state index in [0.29, 0.717) is 5.56 Å². The number of hydrogen-bond acceptors (Lipinski definition) is 4. The number of aromatic amines is 1. The Bertz CT molecular complexity index is 968. The number of pyridine rings is 1. The number of carboxylic acids is 1. The topological polar surface area (TPSA) is 124 Å². The maximum atomic E-state index is 12.1. The lowest BCUT2D eigenvalue weighted by Gasteiger charge is -2.14. The molecule has 8 heteroatoms. The van der Waals surface area contributed by atoms with Gasteiger partial charge in [-0.2, -0.15) is 0 Å². The zero-order valence-electron chi connectivity index (χ0n) is 14.3. The number of nitrogens with zero attached hydrogens (tertiary/aromatic N) is 1. The fraction of sp³-hybridized carbons (Fsp3) is 0.158. The molecule has 0 spiro atoms. The predicted octanol–water partition coefficient (Wildman–Crippen LogP) is 1.10. The molecule has 138 valence electrons. The van der Waals surface area contributed by atoms with Gasteiger partial charge in [0.15, 0.2) is 0 Å². The summed E-state index contributed by atoms with van der Waals surface area (Å²) in [4.78, 5) is 42.4. The SMILES string of the molecule is O=C(CNC(=O)c1cccnc1)NC(Cc1c[nH]c2ccccc12)C(=O)O. The number of para-hydroxylation sites is 1. The van der Waals surface area contributed by atoms with Crippen LogP contribution >= 0.6 is 0 Å². The number of carbonyl (C=O) groups is 3. The van der Waals surface area contributed by atoms with Crippen LogP contribution in [0.4, 0.5) is 0 Å². The van der Waals surface area contributed by atoms with Crippen molar-refractivity contribution in [3.05, 3.63) is 66.1 Å². The van der Waals surface area contributed by atoms with Crippen molar-refractivity contribution in [2.45, 2.75) is 12.5 Å². The molecule has 3 rings (SSSR count). The Labute approximate surface area is 154 Å². The number of carbonyl (C=O) groups excluding carboxylic acids is 2. The highest BCUT2D eigenvalue weighted by Gasteiger charge is 2.22. The van der Waals surface area contributed by atoms with Crippen molar-refractivity contribution in [2.75, 3.05) is 6.54 Å². The van der Waals surface area contributed by atoms with E-state index in [-0.39, 0.29) is 13.0 Å². The number of aliphatic carboxylic acids is 1. The van der Waals surface area contributed by atoms with Gasteiger partial charge in [-0.1, -0.05) is 18.2 Å². The third kappa shape index (κ3) is 4.49. The summed E-state index contributed by atoms with van der Waals surface area (Å²) in [6.45, 7) is -0.328. The molecule has 0 bridgehead atoms. The van der Waals surface area contributed by atoms with Crippen LogP contribution in [0.25, 0.3) is 10.9 Å². The quantitative estimate of drug-likeness (QED) is 0.498. The summed E-state index contributed by atoms with van der Waals surface area (Å²) in [6.07, 6.45) is 4.77. The second-order valence-electron chi connectivity index (χ2n) is 5.95. The summed E-state index contributed by atoms with van der Waals surface area (Å²) >= 11 is 0. The first-order valence-corrected chi connectivity index (χ1v) is 8.30. The van der Waals surface area contributed by atoms with Crippen molar-refractivity contribution in [1.82, 2.24) is 20.6 Å². The van der Waals surface area contributed by atoms with Gasteiger partial charge in [0.25, 0.3) is 5.91 Å². The van der Waals surface area contributed by atoms with Gasteiger partial charge in [0, 0.05) is 35.9 Å². The highest BCUT2D eigenvalue weighted by atomic mass is 16.4. The van der Waals surface area contributed by atoms with E-state index < -0.39 is 23.8 Å². The number of nitrogens with one attached hydrogen (secondary N) is 3. The van der Waals surface area contributed by atoms with Gasteiger partial charge < -0.3 is 20.7 Å². The fourth-order valence-corrected chi connectivity index (χ4v) is 2.73. The van der Waals surface area contributed by atoms with Crippen LogP contribution in [0.2, 0.25) is 0 Å². The lowest BCUT2D eigenvalue weighted by molar-refractivity contribution is -0.141. The van der Waals surface area contributed by atoms with Gasteiger partial charge in [-0.15, -0.1) is 0 Å². The van der Waals surface area contributed by atoms with Gasteiger partial charge in [-0.05, 0) is 23.8 Å². The molecule has 1 aromatic carbocycles. The lowest BCUT2D eigenvalue weighted by Crippen LogP contribution is -2.46. The lowest BCUT2D eigenvalue weighted by atomic mass is 10.0. The van der Waals surface area contributed by atoms with Crippen LogP contribution in [-0.4, -0.2) is 45.4 Å². The predicted molar refractivity (Wildman–Crippen MR) is 98.1 cm³/mol. The standard InChI is InChI=1S/C19H18N4O4/c24-17(11-22-18(25)12-4-3-7-20-9-12)23-16(19(26)27)8-13-10-21-15-6-2-1-5-14(13)15/h1-7,9-10,16,21H,8,11H2,(H,22,25)(H,23,24)(H,26,27). The first-order valence-electron chi connectivity index (χ1n) is 8.30. The molecule has 3 aromatic rings. The summed E-state index contributed by atoms with van der Waals surface area (Å²) in [5.41, 5.74) is 2.00. The number of amides is 2. The van der Waals surface area contributed by atoms with Crippen molar-refractivity contribution >= 4 is 28.7 Å². The molecule has 0 radical (unpaired) electrons. The van der Waals surface area contributed by atoms with Gasteiger partial charge in [-0.3, -0.25) is 14.6 Å². The van der Waals surface area contributed by atoms with E-state index in [0.717, 1.165) is 16.5 Å². The van der Waals surface area contributed by atoms with Crippen molar-refractivity contribution < 1.29 is 19.5 Å². The number of carboxylic acid groups (broad SMARTS) is 1. The zero-order chi connectivity index (χ0) is 19.2. The van der Waals surface area contributed by atoms with E-state index in [1.165, 1.54) is 12.4 Å². The zero-order valence-corrected chi connectivity index (χ0v) is 14.3. The van der Waals surface area contributed by atoms with Gasteiger partial charge in [0.1, 0.15) is 6.04 Å². The molecule has 1 unspecified atom stereocenters. The maximum absolute atomic E-state index is 12.1. The summed E-state index contributed by atoms with van der Waals surface area (Å²) in [5.74, 6) is -2.19. The van der Waals surface area contributed by atoms with Gasteiger partial charge >= 0.3 is 5.97 Å². The number of aromatic nitrogens is 2. The second-order valence-corrected chi connectivity index (χ2v) is 5.95. The first-order chi connectivity index (χ1) is 13.0. The molecule has 0 saturated heterocycles. The highest BCUT2D eigenvalue weighted by Crippen LogP contribution is 2.19. The minimum absolute atomic E-state index is 0.127. The molecule has 0 aliphatic heterocycles. The maximum Gasteiger partial charge on any atom is 0.326 e. The van der Waals surface area contributed by atoms with Crippen LogP contribution in [0.3, 0.4) is 0 Å². The Hall–Kier alpha value is -3.68. The average molecular weight is 366 g/mol. The van der Waals surface area contributed by atoms with E-state index in [9.17, 15) is 19.5 Å². The number of H-pyrrole nitrogens is 1. The molecule has 8 nitrogen and oxygen atoms in total. The normalized spacial score (nSPS) is 11.7. The van der Waals surface area contributed by atoms with Crippen molar-refractivity contribution in [1.29, 1.82) is 0 Å². The monoisotopic (exact) mass is 366 g/mol. The molecular formula is C19H18N4O4. The summed E-state index contributed by atoms with van der Waals surface area (Å²) in [5, 5.41) is 15.2. The van der Waals surface area contributed by atoms with Gasteiger partial charge in [0.2, 0.25) is 5.91 Å². The third-order valence-corrected chi connectivity index (χ3v) is 4.07. The van der Waals surface area contributed by atoms with E-state index in [1.807, 2.05) is 24.3 Å². The molecule has 0 fully saturated rings. The molecule has 4 N–H and O–H groups in total. The Kier molecular flexibility index (Phi) is 5.46. The minimum Gasteiger partial charge on any atom is -0.480 e. The van der Waals surface area contributed by atoms with Crippen molar-refractivity contribution in [3.63, 3.8) is 0 Å². The van der Waals surface area contributed by atoms with Crippen LogP contribution in [0.5, 0.6) is 0 Å². The van der Waals surface area contributed by atoms with Crippen molar-refractivity contribution in [3.8, 4) is 0 Å². The smallest absolute Gasteiger partial charge is 0.326 e. The van der Waals surface area contributed by atoms with Crippen LogP contribution in [-0.2, 0) is 16.0 Å². The largest absolute Gasteiger partial charge is 0.480 e. The Morgan fingerprint density at radius 3 is 2.70 bits per heavy atom. The summed E-state index contributed by atoms with van der Waals surface area (Å²) in [6, 6.07) is 9.59. The van der Waals surface area contributed by atoms with Gasteiger partial charge in [0.05, 0.1) is 12.1 Å². The highest BCUT2D eigenvalue weighted by molar-refractivity contribution is 5.96. The number of fused-ring (bicyclic) bond motifs is 1. The van der Waals surface area contributed by atoms with Crippen LogP contribution in [0, 0.1) is 0 Å². The number of rotatable bonds is 7. The van der Waals surface area contributed by atoms with E-state index in [1.54, 1.807) is 18.3 Å². The third-order valence-electron chi connectivity index (χ3n) is 4.07. The molecule has 2 heterocycles. The molecular weight excluding hydrogens is 348 g/mol. The number of hydrogen-bond donors (Lipinski definition) is 4. The molecule has 2 aromatic heterocycles.